The summed E-state index contributed by atoms with van der Waals surface area (Å²) in [4.78, 5) is 4.53. The molecule has 130 valence electrons. The molecule has 1 N–H and O–H groups in total. The minimum absolute atomic E-state index is 0.0706. The zero-order valence-electron chi connectivity index (χ0n) is 15.1. The van der Waals surface area contributed by atoms with Crippen LogP contribution in [0, 0.1) is 6.92 Å². The lowest BCUT2D eigenvalue weighted by atomic mass is 9.84. The highest BCUT2D eigenvalue weighted by atomic mass is 16.5. The van der Waals surface area contributed by atoms with Gasteiger partial charge in [-0.3, -0.25) is 4.90 Å². The van der Waals surface area contributed by atoms with Crippen molar-refractivity contribution in [2.45, 2.75) is 32.3 Å². The number of aryl methyl sites for hydroxylation is 1. The second-order valence-electron chi connectivity index (χ2n) is 7.51. The standard InChI is InChI=1S/C19H32N2O2/c1-16-5-7-17(8-6-16)19(2,3)15-20(4)13-18(22)14-21-9-11-23-12-10-21/h5-8,18,22H,9-15H2,1-4H3. The zero-order chi connectivity index (χ0) is 16.9. The minimum atomic E-state index is -0.313. The molecule has 2 rings (SSSR count). The molecular weight excluding hydrogens is 288 g/mol. The maximum atomic E-state index is 10.4. The molecule has 1 aromatic carbocycles. The summed E-state index contributed by atoms with van der Waals surface area (Å²) >= 11 is 0. The van der Waals surface area contributed by atoms with E-state index in [1.54, 1.807) is 0 Å². The van der Waals surface area contributed by atoms with Crippen LogP contribution in [-0.4, -0.2) is 74.0 Å². The predicted molar refractivity (Wildman–Crippen MR) is 95.0 cm³/mol. The normalized spacial score (nSPS) is 18.3. The van der Waals surface area contributed by atoms with Gasteiger partial charge in [-0.25, -0.2) is 0 Å². The van der Waals surface area contributed by atoms with Crippen LogP contribution < -0.4 is 0 Å². The molecule has 1 aromatic rings. The van der Waals surface area contributed by atoms with Gasteiger partial charge in [-0.1, -0.05) is 43.7 Å². The fraction of sp³-hybridized carbons (Fsp3) is 0.684. The van der Waals surface area contributed by atoms with Crippen molar-refractivity contribution >= 4 is 0 Å². The summed E-state index contributed by atoms with van der Waals surface area (Å²) in [6.07, 6.45) is -0.313. The number of aliphatic hydroxyl groups excluding tert-OH is 1. The third kappa shape index (κ3) is 5.88. The molecule has 4 heteroatoms. The smallest absolute Gasteiger partial charge is 0.0793 e. The molecule has 0 aromatic heterocycles. The van der Waals surface area contributed by atoms with Crippen LogP contribution in [0.3, 0.4) is 0 Å². The second-order valence-corrected chi connectivity index (χ2v) is 7.51. The van der Waals surface area contributed by atoms with E-state index in [4.69, 9.17) is 4.74 Å². The number of likely N-dealkylation sites (N-methyl/N-ethyl adjacent to an activating group) is 1. The van der Waals surface area contributed by atoms with Crippen molar-refractivity contribution in [1.29, 1.82) is 0 Å². The molecule has 0 saturated carbocycles. The van der Waals surface area contributed by atoms with Crippen molar-refractivity contribution in [3.8, 4) is 0 Å². The topological polar surface area (TPSA) is 35.9 Å². The molecule has 0 spiro atoms. The number of rotatable bonds is 7. The van der Waals surface area contributed by atoms with Crippen molar-refractivity contribution in [3.05, 3.63) is 35.4 Å². The summed E-state index contributed by atoms with van der Waals surface area (Å²) in [7, 11) is 2.10. The van der Waals surface area contributed by atoms with E-state index in [9.17, 15) is 5.11 Å². The summed E-state index contributed by atoms with van der Waals surface area (Å²) in [5.74, 6) is 0. The van der Waals surface area contributed by atoms with E-state index >= 15 is 0 Å². The van der Waals surface area contributed by atoms with Crippen LogP contribution in [0.1, 0.15) is 25.0 Å². The number of benzene rings is 1. The number of nitrogens with zero attached hydrogens (tertiary/aromatic N) is 2. The largest absolute Gasteiger partial charge is 0.390 e. The lowest BCUT2D eigenvalue weighted by Crippen LogP contribution is -2.45. The van der Waals surface area contributed by atoms with Crippen molar-refractivity contribution in [1.82, 2.24) is 9.80 Å². The number of aliphatic hydroxyl groups is 1. The SMILES string of the molecule is Cc1ccc(C(C)(C)CN(C)CC(O)CN2CCOCC2)cc1. The lowest BCUT2D eigenvalue weighted by Gasteiger charge is -2.34. The van der Waals surface area contributed by atoms with Crippen LogP contribution >= 0.6 is 0 Å². The Hall–Kier alpha value is -0.940. The maximum absolute atomic E-state index is 10.4. The highest BCUT2D eigenvalue weighted by molar-refractivity contribution is 5.27. The molecule has 0 aliphatic carbocycles. The van der Waals surface area contributed by atoms with Crippen molar-refractivity contribution in [2.24, 2.45) is 0 Å². The van der Waals surface area contributed by atoms with Crippen LogP contribution in [0.25, 0.3) is 0 Å². The first-order chi connectivity index (χ1) is 10.9. The fourth-order valence-corrected chi connectivity index (χ4v) is 3.33. The van der Waals surface area contributed by atoms with Crippen LogP contribution in [-0.2, 0) is 10.2 Å². The Morgan fingerprint density at radius 3 is 2.43 bits per heavy atom. The van der Waals surface area contributed by atoms with E-state index in [2.05, 4.69) is 61.9 Å². The monoisotopic (exact) mass is 320 g/mol. The first-order valence-corrected chi connectivity index (χ1v) is 8.61. The van der Waals surface area contributed by atoms with Crippen molar-refractivity contribution in [3.63, 3.8) is 0 Å². The number of ether oxygens (including phenoxy) is 1. The zero-order valence-corrected chi connectivity index (χ0v) is 15.1. The Morgan fingerprint density at radius 2 is 1.83 bits per heavy atom. The Morgan fingerprint density at radius 1 is 1.22 bits per heavy atom. The third-order valence-electron chi connectivity index (χ3n) is 4.59. The highest BCUT2D eigenvalue weighted by Gasteiger charge is 2.24. The van der Waals surface area contributed by atoms with E-state index in [0.717, 1.165) is 39.4 Å². The second kappa shape index (κ2) is 8.25. The summed E-state index contributed by atoms with van der Waals surface area (Å²) < 4.78 is 5.35. The van der Waals surface area contributed by atoms with E-state index < -0.39 is 0 Å². The Labute approximate surface area is 141 Å². The van der Waals surface area contributed by atoms with Crippen molar-refractivity contribution in [2.75, 3.05) is 53.0 Å². The number of hydrogen-bond acceptors (Lipinski definition) is 4. The number of morpholine rings is 1. The van der Waals surface area contributed by atoms with Crippen molar-refractivity contribution < 1.29 is 9.84 Å². The molecule has 1 aliphatic heterocycles. The molecule has 1 fully saturated rings. The van der Waals surface area contributed by atoms with Gasteiger partial charge in [-0.2, -0.15) is 0 Å². The van der Waals surface area contributed by atoms with E-state index in [-0.39, 0.29) is 11.5 Å². The van der Waals surface area contributed by atoms with E-state index in [1.807, 2.05) is 0 Å². The highest BCUT2D eigenvalue weighted by Crippen LogP contribution is 2.24. The first-order valence-electron chi connectivity index (χ1n) is 8.61. The molecule has 1 unspecified atom stereocenters. The molecule has 4 nitrogen and oxygen atoms in total. The third-order valence-corrected chi connectivity index (χ3v) is 4.59. The summed E-state index contributed by atoms with van der Waals surface area (Å²) in [6, 6.07) is 8.77. The lowest BCUT2D eigenvalue weighted by molar-refractivity contribution is 0.00773. The van der Waals surface area contributed by atoms with Crippen LogP contribution in [0.2, 0.25) is 0 Å². The average Bonchev–Trinajstić information content (AvgIpc) is 2.47. The van der Waals surface area contributed by atoms with Gasteiger partial charge in [0.25, 0.3) is 0 Å². The van der Waals surface area contributed by atoms with Crippen LogP contribution in [0.5, 0.6) is 0 Å². The van der Waals surface area contributed by atoms with Crippen LogP contribution in [0.15, 0.2) is 24.3 Å². The van der Waals surface area contributed by atoms with Gasteiger partial charge in [0.05, 0.1) is 19.3 Å². The quantitative estimate of drug-likeness (QED) is 0.832. The molecule has 1 saturated heterocycles. The Bertz CT molecular complexity index is 467. The molecule has 0 radical (unpaired) electrons. The molecule has 1 aliphatic rings. The van der Waals surface area contributed by atoms with E-state index in [0.29, 0.717) is 6.54 Å². The van der Waals surface area contributed by atoms with Gasteiger partial charge in [-0.05, 0) is 19.5 Å². The molecule has 23 heavy (non-hydrogen) atoms. The average molecular weight is 320 g/mol. The molecule has 1 heterocycles. The summed E-state index contributed by atoms with van der Waals surface area (Å²) in [5.41, 5.74) is 2.71. The Kier molecular flexibility index (Phi) is 6.60. The van der Waals surface area contributed by atoms with Gasteiger partial charge in [0, 0.05) is 38.1 Å². The van der Waals surface area contributed by atoms with Gasteiger partial charge >= 0.3 is 0 Å². The molecule has 0 amide bonds. The molecule has 0 bridgehead atoms. The minimum Gasteiger partial charge on any atom is -0.390 e. The van der Waals surface area contributed by atoms with E-state index in [1.165, 1.54) is 11.1 Å². The summed E-state index contributed by atoms with van der Waals surface area (Å²) in [6.45, 7) is 12.4. The maximum Gasteiger partial charge on any atom is 0.0793 e. The number of β-amino-alcohol motifs (C(OH)–C–C–N with tert-alkyl or cyclic N) is 1. The predicted octanol–water partition coefficient (Wildman–Crippen LogP) is 1.90. The van der Waals surface area contributed by atoms with Gasteiger partial charge in [0.2, 0.25) is 0 Å². The summed E-state index contributed by atoms with van der Waals surface area (Å²) in [5, 5.41) is 10.4. The molecular formula is C19H32N2O2. The van der Waals surface area contributed by atoms with Crippen LogP contribution in [0.4, 0.5) is 0 Å². The fourth-order valence-electron chi connectivity index (χ4n) is 3.33. The van der Waals surface area contributed by atoms with Gasteiger partial charge in [0.15, 0.2) is 0 Å². The molecule has 1 atom stereocenters. The first kappa shape index (κ1) is 18.4. The van der Waals surface area contributed by atoms with Gasteiger partial charge in [-0.15, -0.1) is 0 Å². The van der Waals surface area contributed by atoms with Gasteiger partial charge in [0.1, 0.15) is 0 Å². The Balaban J connectivity index is 1.82. The van der Waals surface area contributed by atoms with Gasteiger partial charge < -0.3 is 14.7 Å². The number of hydrogen-bond donors (Lipinski definition) is 1.